The van der Waals surface area contributed by atoms with Gasteiger partial charge in [0.25, 0.3) is 0 Å². The van der Waals surface area contributed by atoms with Crippen LogP contribution in [0.15, 0.2) is 24.3 Å². The van der Waals surface area contributed by atoms with Crippen LogP contribution in [0.1, 0.15) is 19.7 Å². The molecule has 0 atom stereocenters. The van der Waals surface area contributed by atoms with Gasteiger partial charge in [0.15, 0.2) is 0 Å². The third-order valence-corrected chi connectivity index (χ3v) is 2.97. The van der Waals surface area contributed by atoms with Crippen LogP contribution in [0.25, 0.3) is 11.3 Å². The number of hydrogen-bond donors (Lipinski definition) is 1. The molecule has 0 aliphatic rings. The van der Waals surface area contributed by atoms with Crippen LogP contribution in [-0.4, -0.2) is 16.5 Å². The Morgan fingerprint density at radius 3 is 2.63 bits per heavy atom. The maximum absolute atomic E-state index is 13.1. The second-order valence-corrected chi connectivity index (χ2v) is 4.47. The van der Waals surface area contributed by atoms with Gasteiger partial charge in [-0.25, -0.2) is 14.4 Å². The summed E-state index contributed by atoms with van der Waals surface area (Å²) >= 11 is 6.07. The fraction of sp³-hybridized carbons (Fsp3) is 0.286. The number of aromatic nitrogens is 2. The van der Waals surface area contributed by atoms with Gasteiger partial charge in [0.2, 0.25) is 0 Å². The Morgan fingerprint density at radius 2 is 2.00 bits per heavy atom. The summed E-state index contributed by atoms with van der Waals surface area (Å²) in [5, 5.41) is 3.51. The Kier molecular flexibility index (Phi) is 4.32. The third kappa shape index (κ3) is 3.20. The number of rotatable bonds is 4. The molecule has 0 aliphatic carbocycles. The van der Waals surface area contributed by atoms with Crippen molar-refractivity contribution >= 4 is 17.4 Å². The minimum absolute atomic E-state index is 0.350. The molecule has 100 valence electrons. The molecule has 5 heteroatoms. The van der Waals surface area contributed by atoms with E-state index in [-0.39, 0.29) is 5.82 Å². The summed E-state index contributed by atoms with van der Waals surface area (Å²) in [5.74, 6) is 1.13. The Balaban J connectivity index is 2.51. The fourth-order valence-corrected chi connectivity index (χ4v) is 2.03. The van der Waals surface area contributed by atoms with Gasteiger partial charge in [-0.3, -0.25) is 0 Å². The molecule has 1 aromatic heterocycles. The lowest BCUT2D eigenvalue weighted by Gasteiger charge is -2.09. The number of nitrogens with one attached hydrogen (secondary N) is 1. The van der Waals surface area contributed by atoms with Gasteiger partial charge in [-0.2, -0.15) is 0 Å². The highest BCUT2D eigenvalue weighted by Crippen LogP contribution is 2.28. The molecule has 19 heavy (non-hydrogen) atoms. The maximum Gasteiger partial charge on any atom is 0.131 e. The summed E-state index contributed by atoms with van der Waals surface area (Å²) in [4.78, 5) is 8.81. The lowest BCUT2D eigenvalue weighted by Crippen LogP contribution is -2.04. The fourth-order valence-electron chi connectivity index (χ4n) is 1.76. The normalized spacial score (nSPS) is 10.5. The molecule has 1 aromatic carbocycles. The van der Waals surface area contributed by atoms with Crippen molar-refractivity contribution in [1.29, 1.82) is 0 Å². The lowest BCUT2D eigenvalue weighted by atomic mass is 10.1. The number of aryl methyl sites for hydroxylation is 1. The average molecular weight is 280 g/mol. The molecule has 0 radical (unpaired) electrons. The number of hydrogen-bond acceptors (Lipinski definition) is 3. The van der Waals surface area contributed by atoms with Crippen molar-refractivity contribution in [2.45, 2.75) is 20.3 Å². The van der Waals surface area contributed by atoms with Crippen molar-refractivity contribution in [3.05, 3.63) is 40.9 Å². The quantitative estimate of drug-likeness (QED) is 0.921. The SMILES string of the molecule is CCNc1cc(-c2ccc(F)cc2Cl)nc(CC)n1. The molecule has 2 aromatic rings. The predicted octanol–water partition coefficient (Wildman–Crippen LogP) is 3.93. The molecular weight excluding hydrogens is 265 g/mol. The minimum Gasteiger partial charge on any atom is -0.370 e. The standard InChI is InChI=1S/C14H15ClFN3/c1-3-13-18-12(8-14(19-13)17-4-2)10-6-5-9(16)7-11(10)15/h5-8H,3-4H2,1-2H3,(H,17,18,19). The van der Waals surface area contributed by atoms with E-state index < -0.39 is 0 Å². The highest BCUT2D eigenvalue weighted by molar-refractivity contribution is 6.33. The first-order chi connectivity index (χ1) is 9.13. The zero-order valence-corrected chi connectivity index (χ0v) is 11.6. The number of anilines is 1. The van der Waals surface area contributed by atoms with E-state index in [0.717, 1.165) is 24.6 Å². The zero-order valence-electron chi connectivity index (χ0n) is 10.9. The van der Waals surface area contributed by atoms with E-state index in [0.29, 0.717) is 16.3 Å². The van der Waals surface area contributed by atoms with E-state index in [4.69, 9.17) is 11.6 Å². The molecule has 0 saturated heterocycles. The first kappa shape index (κ1) is 13.7. The molecule has 1 N–H and O–H groups in total. The van der Waals surface area contributed by atoms with Crippen molar-refractivity contribution in [2.24, 2.45) is 0 Å². The average Bonchev–Trinajstić information content (AvgIpc) is 2.38. The van der Waals surface area contributed by atoms with E-state index in [1.807, 2.05) is 19.9 Å². The Hall–Kier alpha value is -1.68. The number of benzene rings is 1. The third-order valence-electron chi connectivity index (χ3n) is 2.65. The summed E-state index contributed by atoms with van der Waals surface area (Å²) in [6.45, 7) is 4.76. The largest absolute Gasteiger partial charge is 0.370 e. The lowest BCUT2D eigenvalue weighted by molar-refractivity contribution is 0.628. The summed E-state index contributed by atoms with van der Waals surface area (Å²) < 4.78 is 13.1. The number of halogens is 2. The molecule has 0 bridgehead atoms. The molecule has 0 fully saturated rings. The van der Waals surface area contributed by atoms with Gasteiger partial charge in [0.1, 0.15) is 17.5 Å². The summed E-state index contributed by atoms with van der Waals surface area (Å²) in [5.41, 5.74) is 1.41. The second-order valence-electron chi connectivity index (χ2n) is 4.06. The molecule has 0 saturated carbocycles. The summed E-state index contributed by atoms with van der Waals surface area (Å²) in [6.07, 6.45) is 0.727. The van der Waals surface area contributed by atoms with E-state index >= 15 is 0 Å². The van der Waals surface area contributed by atoms with Gasteiger partial charge in [0, 0.05) is 24.6 Å². The van der Waals surface area contributed by atoms with Crippen LogP contribution < -0.4 is 5.32 Å². The highest BCUT2D eigenvalue weighted by atomic mass is 35.5. The molecule has 0 amide bonds. The summed E-state index contributed by atoms with van der Waals surface area (Å²) in [7, 11) is 0. The van der Waals surface area contributed by atoms with E-state index in [2.05, 4.69) is 15.3 Å². The van der Waals surface area contributed by atoms with Crippen molar-refractivity contribution in [2.75, 3.05) is 11.9 Å². The van der Waals surface area contributed by atoms with Crippen molar-refractivity contribution in [3.8, 4) is 11.3 Å². The minimum atomic E-state index is -0.356. The molecule has 0 aliphatic heterocycles. The first-order valence-electron chi connectivity index (χ1n) is 6.21. The van der Waals surface area contributed by atoms with Crippen LogP contribution in [0.3, 0.4) is 0 Å². The molecular formula is C14H15ClFN3. The van der Waals surface area contributed by atoms with Gasteiger partial charge in [0.05, 0.1) is 10.7 Å². The second kappa shape index (κ2) is 5.97. The van der Waals surface area contributed by atoms with Crippen LogP contribution in [0, 0.1) is 5.82 Å². The van der Waals surface area contributed by atoms with Gasteiger partial charge in [-0.15, -0.1) is 0 Å². The topological polar surface area (TPSA) is 37.8 Å². The number of nitrogens with zero attached hydrogens (tertiary/aromatic N) is 2. The highest BCUT2D eigenvalue weighted by Gasteiger charge is 2.09. The van der Waals surface area contributed by atoms with Crippen LogP contribution in [0.4, 0.5) is 10.2 Å². The van der Waals surface area contributed by atoms with E-state index in [1.165, 1.54) is 12.1 Å². The van der Waals surface area contributed by atoms with Gasteiger partial charge in [-0.05, 0) is 25.1 Å². The van der Waals surface area contributed by atoms with Crippen LogP contribution >= 0.6 is 11.6 Å². The summed E-state index contributed by atoms with van der Waals surface area (Å²) in [6, 6.07) is 6.12. The van der Waals surface area contributed by atoms with E-state index in [9.17, 15) is 4.39 Å². The molecule has 0 unspecified atom stereocenters. The Bertz CT molecular complexity index is 587. The molecule has 3 nitrogen and oxygen atoms in total. The predicted molar refractivity (Wildman–Crippen MR) is 76.0 cm³/mol. The van der Waals surface area contributed by atoms with Gasteiger partial charge >= 0.3 is 0 Å². The van der Waals surface area contributed by atoms with Gasteiger partial charge in [-0.1, -0.05) is 18.5 Å². The molecule has 1 heterocycles. The van der Waals surface area contributed by atoms with Crippen LogP contribution in [0.2, 0.25) is 5.02 Å². The smallest absolute Gasteiger partial charge is 0.131 e. The zero-order chi connectivity index (χ0) is 13.8. The van der Waals surface area contributed by atoms with Crippen molar-refractivity contribution < 1.29 is 4.39 Å². The van der Waals surface area contributed by atoms with Crippen LogP contribution in [0.5, 0.6) is 0 Å². The monoisotopic (exact) mass is 279 g/mol. The van der Waals surface area contributed by atoms with Crippen molar-refractivity contribution in [3.63, 3.8) is 0 Å². The Morgan fingerprint density at radius 1 is 1.21 bits per heavy atom. The maximum atomic E-state index is 13.1. The molecule has 2 rings (SSSR count). The molecule has 0 spiro atoms. The van der Waals surface area contributed by atoms with Crippen molar-refractivity contribution in [1.82, 2.24) is 9.97 Å². The van der Waals surface area contributed by atoms with Crippen LogP contribution in [-0.2, 0) is 6.42 Å². The van der Waals surface area contributed by atoms with Gasteiger partial charge < -0.3 is 5.32 Å². The Labute approximate surface area is 116 Å². The first-order valence-corrected chi connectivity index (χ1v) is 6.59. The van der Waals surface area contributed by atoms with E-state index in [1.54, 1.807) is 6.07 Å².